The van der Waals surface area contributed by atoms with E-state index in [1.165, 1.54) is 0 Å². The van der Waals surface area contributed by atoms with E-state index in [1.807, 2.05) is 37.3 Å². The molecule has 0 N–H and O–H groups in total. The first-order chi connectivity index (χ1) is 12.0. The van der Waals surface area contributed by atoms with Crippen molar-refractivity contribution < 1.29 is 9.47 Å². The molecule has 2 aromatic rings. The fourth-order valence-corrected chi connectivity index (χ4v) is 3.48. The van der Waals surface area contributed by atoms with Gasteiger partial charge in [0.25, 0.3) is 0 Å². The lowest BCUT2D eigenvalue weighted by Gasteiger charge is -2.42. The van der Waals surface area contributed by atoms with E-state index in [4.69, 9.17) is 9.47 Å². The minimum Gasteiger partial charge on any atom is -0.491 e. The van der Waals surface area contributed by atoms with Crippen LogP contribution in [0.4, 0.5) is 0 Å². The second-order valence-corrected chi connectivity index (χ2v) is 7.20. The lowest BCUT2D eigenvalue weighted by molar-refractivity contribution is -0.148. The Hall–Kier alpha value is -1.92. The van der Waals surface area contributed by atoms with E-state index < -0.39 is 0 Å². The molecule has 1 saturated heterocycles. The number of hydrogen-bond donors (Lipinski definition) is 0. The molecule has 0 saturated carbocycles. The first-order valence-corrected chi connectivity index (χ1v) is 8.93. The number of benzene rings is 1. The van der Waals surface area contributed by atoms with Crippen LogP contribution in [0.1, 0.15) is 32.4 Å². The molecule has 136 valence electrons. The number of aryl methyl sites for hydroxylation is 1. The predicted octanol–water partition coefficient (Wildman–Crippen LogP) is 2.66. The molecule has 0 unspecified atom stereocenters. The van der Waals surface area contributed by atoms with Gasteiger partial charge in [-0.2, -0.15) is 0 Å². The molecule has 0 spiro atoms. The van der Waals surface area contributed by atoms with E-state index in [0.717, 1.165) is 43.6 Å². The van der Waals surface area contributed by atoms with Crippen molar-refractivity contribution in [3.05, 3.63) is 42.0 Å². The van der Waals surface area contributed by atoms with Crippen LogP contribution < -0.4 is 4.74 Å². The van der Waals surface area contributed by atoms with Gasteiger partial charge in [-0.15, -0.1) is 10.2 Å². The lowest BCUT2D eigenvalue weighted by Crippen LogP contribution is -2.54. The first-order valence-electron chi connectivity index (χ1n) is 8.93. The van der Waals surface area contributed by atoms with E-state index in [2.05, 4.69) is 40.4 Å². The van der Waals surface area contributed by atoms with E-state index in [-0.39, 0.29) is 11.7 Å². The van der Waals surface area contributed by atoms with Crippen LogP contribution in [0, 0.1) is 6.92 Å². The topological polar surface area (TPSA) is 52.4 Å². The Morgan fingerprint density at radius 2 is 2.00 bits per heavy atom. The van der Waals surface area contributed by atoms with Crippen molar-refractivity contribution >= 4 is 0 Å². The summed E-state index contributed by atoms with van der Waals surface area (Å²) in [6.45, 7) is 12.3. The fourth-order valence-electron chi connectivity index (χ4n) is 3.48. The normalized spacial score (nSPS) is 20.6. The van der Waals surface area contributed by atoms with Crippen molar-refractivity contribution in [3.8, 4) is 5.75 Å². The standard InChI is InChI=1S/C19H28N4O2/c1-5-23-15(2)20-21-18(23)12-22-11-17(25-19(3,4)14-22)13-24-16-9-7-6-8-10-16/h6-10,17H,5,11-14H2,1-4H3/t17-/m0/s1. The van der Waals surface area contributed by atoms with Crippen LogP contribution in [0.3, 0.4) is 0 Å². The summed E-state index contributed by atoms with van der Waals surface area (Å²) in [5.74, 6) is 2.86. The quantitative estimate of drug-likeness (QED) is 0.806. The molecule has 1 aliphatic rings. The van der Waals surface area contributed by atoms with Gasteiger partial charge in [0.05, 0.1) is 12.1 Å². The lowest BCUT2D eigenvalue weighted by atomic mass is 10.1. The van der Waals surface area contributed by atoms with Crippen molar-refractivity contribution in [1.29, 1.82) is 0 Å². The molecule has 1 aliphatic heterocycles. The van der Waals surface area contributed by atoms with Crippen LogP contribution in [0.15, 0.2) is 30.3 Å². The maximum Gasteiger partial charge on any atom is 0.147 e. The van der Waals surface area contributed by atoms with E-state index in [1.54, 1.807) is 0 Å². The van der Waals surface area contributed by atoms with Gasteiger partial charge in [-0.25, -0.2) is 0 Å². The third-order valence-electron chi connectivity index (χ3n) is 4.42. The van der Waals surface area contributed by atoms with Gasteiger partial charge in [-0.1, -0.05) is 18.2 Å². The molecule has 3 rings (SSSR count). The van der Waals surface area contributed by atoms with Crippen LogP contribution >= 0.6 is 0 Å². The summed E-state index contributed by atoms with van der Waals surface area (Å²) >= 11 is 0. The molecular weight excluding hydrogens is 316 g/mol. The summed E-state index contributed by atoms with van der Waals surface area (Å²) in [5, 5.41) is 8.56. The summed E-state index contributed by atoms with van der Waals surface area (Å²) in [5.41, 5.74) is -0.213. The number of hydrogen-bond acceptors (Lipinski definition) is 5. The second-order valence-electron chi connectivity index (χ2n) is 7.20. The van der Waals surface area contributed by atoms with E-state index >= 15 is 0 Å². The molecule has 6 nitrogen and oxygen atoms in total. The fraction of sp³-hybridized carbons (Fsp3) is 0.579. The highest BCUT2D eigenvalue weighted by atomic mass is 16.5. The highest BCUT2D eigenvalue weighted by Gasteiger charge is 2.34. The van der Waals surface area contributed by atoms with Gasteiger partial charge in [0.1, 0.15) is 30.1 Å². The molecule has 2 heterocycles. The molecule has 0 radical (unpaired) electrons. The number of morpholine rings is 1. The average Bonchev–Trinajstić information content (AvgIpc) is 2.92. The summed E-state index contributed by atoms with van der Waals surface area (Å²) in [7, 11) is 0. The predicted molar refractivity (Wildman–Crippen MR) is 96.6 cm³/mol. The van der Waals surface area contributed by atoms with Gasteiger partial charge in [-0.3, -0.25) is 4.90 Å². The van der Waals surface area contributed by atoms with Gasteiger partial charge in [0, 0.05) is 19.6 Å². The molecule has 1 aromatic heterocycles. The minimum atomic E-state index is -0.213. The van der Waals surface area contributed by atoms with Gasteiger partial charge in [-0.05, 0) is 39.8 Å². The number of ether oxygens (including phenoxy) is 2. The second kappa shape index (κ2) is 7.54. The Bertz CT molecular complexity index is 684. The third-order valence-corrected chi connectivity index (χ3v) is 4.42. The van der Waals surface area contributed by atoms with Crippen LogP contribution in [-0.4, -0.2) is 51.1 Å². The van der Waals surface area contributed by atoms with E-state index in [0.29, 0.717) is 6.61 Å². The average molecular weight is 344 g/mol. The van der Waals surface area contributed by atoms with Crippen molar-refractivity contribution in [3.63, 3.8) is 0 Å². The minimum absolute atomic E-state index is 0.0306. The molecule has 25 heavy (non-hydrogen) atoms. The van der Waals surface area contributed by atoms with Gasteiger partial charge < -0.3 is 14.0 Å². The van der Waals surface area contributed by atoms with Crippen LogP contribution in [-0.2, 0) is 17.8 Å². The molecule has 1 atom stereocenters. The van der Waals surface area contributed by atoms with Gasteiger partial charge >= 0.3 is 0 Å². The first kappa shape index (κ1) is 17.9. The Morgan fingerprint density at radius 3 is 2.72 bits per heavy atom. The number of rotatable bonds is 6. The third kappa shape index (κ3) is 4.58. The van der Waals surface area contributed by atoms with Crippen LogP contribution in [0.5, 0.6) is 5.75 Å². The van der Waals surface area contributed by atoms with Crippen molar-refractivity contribution in [2.45, 2.75) is 52.5 Å². The molecule has 1 fully saturated rings. The smallest absolute Gasteiger partial charge is 0.147 e. The summed E-state index contributed by atoms with van der Waals surface area (Å²) in [6.07, 6.45) is 0.0306. The van der Waals surface area contributed by atoms with Crippen molar-refractivity contribution in [1.82, 2.24) is 19.7 Å². The van der Waals surface area contributed by atoms with Crippen molar-refractivity contribution in [2.24, 2.45) is 0 Å². The maximum absolute atomic E-state index is 6.22. The van der Waals surface area contributed by atoms with Crippen molar-refractivity contribution in [2.75, 3.05) is 19.7 Å². The number of nitrogens with zero attached hydrogens (tertiary/aromatic N) is 4. The zero-order chi connectivity index (χ0) is 17.9. The summed E-state index contributed by atoms with van der Waals surface area (Å²) in [6, 6.07) is 9.89. The highest BCUT2D eigenvalue weighted by Crippen LogP contribution is 2.23. The zero-order valence-electron chi connectivity index (χ0n) is 15.6. The summed E-state index contributed by atoms with van der Waals surface area (Å²) in [4.78, 5) is 2.39. The van der Waals surface area contributed by atoms with Gasteiger partial charge in [0.15, 0.2) is 0 Å². The zero-order valence-corrected chi connectivity index (χ0v) is 15.6. The molecular formula is C19H28N4O2. The maximum atomic E-state index is 6.22. The Balaban J connectivity index is 1.64. The Kier molecular flexibility index (Phi) is 5.39. The molecule has 1 aromatic carbocycles. The SMILES string of the molecule is CCn1c(C)nnc1CN1C[C@@H](COc2ccccc2)OC(C)(C)C1. The Morgan fingerprint density at radius 1 is 1.24 bits per heavy atom. The molecule has 0 aliphatic carbocycles. The molecule has 6 heteroatoms. The van der Waals surface area contributed by atoms with E-state index in [9.17, 15) is 0 Å². The van der Waals surface area contributed by atoms with Gasteiger partial charge in [0.2, 0.25) is 0 Å². The largest absolute Gasteiger partial charge is 0.491 e. The molecule has 0 bridgehead atoms. The highest BCUT2D eigenvalue weighted by molar-refractivity contribution is 5.20. The van der Waals surface area contributed by atoms with Crippen LogP contribution in [0.25, 0.3) is 0 Å². The number of para-hydroxylation sites is 1. The summed E-state index contributed by atoms with van der Waals surface area (Å²) < 4.78 is 14.3. The Labute approximate surface area is 149 Å². The monoisotopic (exact) mass is 344 g/mol. The number of aromatic nitrogens is 3. The molecule has 0 amide bonds. The van der Waals surface area contributed by atoms with Crippen LogP contribution in [0.2, 0.25) is 0 Å².